The van der Waals surface area contributed by atoms with Crippen LogP contribution in [-0.2, 0) is 4.79 Å². The van der Waals surface area contributed by atoms with E-state index in [1.807, 2.05) is 0 Å². The molecule has 0 unspecified atom stereocenters. The average Bonchev–Trinajstić information content (AvgIpc) is 2.53. The highest BCUT2D eigenvalue weighted by Crippen LogP contribution is 2.00. The Bertz CT molecular complexity index is 255. The molecule has 0 saturated heterocycles. The highest BCUT2D eigenvalue weighted by Gasteiger charge is 2.13. The molecule has 2 amide bonds. The molecule has 0 fully saturated rings. The minimum atomic E-state index is -0.662. The molecule has 5 heteroatoms. The van der Waals surface area contributed by atoms with Gasteiger partial charge in [-0.05, 0) is 12.1 Å². The normalized spacial score (nSPS) is 9.18. The standard InChI is InChI=1S/C6H6N2O3/c7-8(4-9)6(10)5-2-1-3-11-5/h1-4H,7H2. The summed E-state index contributed by atoms with van der Waals surface area (Å²) in [5.74, 6) is 4.34. The Morgan fingerprint density at radius 2 is 2.45 bits per heavy atom. The van der Waals surface area contributed by atoms with E-state index < -0.39 is 5.91 Å². The smallest absolute Gasteiger partial charge is 0.310 e. The van der Waals surface area contributed by atoms with Crippen LogP contribution in [0, 0.1) is 0 Å². The molecule has 0 aliphatic rings. The van der Waals surface area contributed by atoms with Crippen LogP contribution in [0.15, 0.2) is 22.8 Å². The molecule has 0 aliphatic carbocycles. The van der Waals surface area contributed by atoms with Gasteiger partial charge in [0.1, 0.15) is 0 Å². The van der Waals surface area contributed by atoms with E-state index in [0.717, 1.165) is 0 Å². The summed E-state index contributed by atoms with van der Waals surface area (Å²) in [6, 6.07) is 2.96. The lowest BCUT2D eigenvalue weighted by Gasteiger charge is -2.03. The summed E-state index contributed by atoms with van der Waals surface area (Å²) in [5, 5.41) is 0.416. The van der Waals surface area contributed by atoms with Crippen molar-refractivity contribution < 1.29 is 14.0 Å². The lowest BCUT2D eigenvalue weighted by atomic mass is 10.4. The van der Waals surface area contributed by atoms with Gasteiger partial charge in [0.15, 0.2) is 5.76 Å². The van der Waals surface area contributed by atoms with Crippen LogP contribution in [0.1, 0.15) is 10.6 Å². The third-order valence-electron chi connectivity index (χ3n) is 1.08. The molecule has 1 aromatic heterocycles. The number of carbonyl (C=O) groups is 2. The first-order valence-electron chi connectivity index (χ1n) is 2.82. The third-order valence-corrected chi connectivity index (χ3v) is 1.08. The quantitative estimate of drug-likeness (QED) is 0.276. The van der Waals surface area contributed by atoms with Gasteiger partial charge in [-0.25, -0.2) is 10.9 Å². The zero-order chi connectivity index (χ0) is 8.27. The van der Waals surface area contributed by atoms with E-state index in [2.05, 4.69) is 4.42 Å². The first-order chi connectivity index (χ1) is 5.25. The number of nitrogens with zero attached hydrogens (tertiary/aromatic N) is 1. The fourth-order valence-corrected chi connectivity index (χ4v) is 0.575. The van der Waals surface area contributed by atoms with Gasteiger partial charge in [-0.3, -0.25) is 9.59 Å². The predicted octanol–water partition coefficient (Wildman–Crippen LogP) is -0.248. The summed E-state index contributed by atoms with van der Waals surface area (Å²) in [6.07, 6.45) is 1.54. The fourth-order valence-electron chi connectivity index (χ4n) is 0.575. The van der Waals surface area contributed by atoms with Gasteiger partial charge in [0.2, 0.25) is 6.41 Å². The van der Waals surface area contributed by atoms with Crippen molar-refractivity contribution in [2.45, 2.75) is 0 Å². The van der Waals surface area contributed by atoms with Crippen molar-refractivity contribution in [2.24, 2.45) is 5.84 Å². The highest BCUT2D eigenvalue weighted by molar-refractivity contribution is 5.96. The zero-order valence-electron chi connectivity index (χ0n) is 5.56. The Morgan fingerprint density at radius 3 is 2.91 bits per heavy atom. The number of furan rings is 1. The third kappa shape index (κ3) is 1.44. The Kier molecular flexibility index (Phi) is 2.03. The SMILES string of the molecule is NN(C=O)C(=O)c1ccco1. The van der Waals surface area contributed by atoms with E-state index in [9.17, 15) is 9.59 Å². The molecule has 0 spiro atoms. The summed E-state index contributed by atoms with van der Waals surface area (Å²) < 4.78 is 4.69. The second kappa shape index (κ2) is 2.98. The topological polar surface area (TPSA) is 76.5 Å². The molecule has 2 N–H and O–H groups in total. The van der Waals surface area contributed by atoms with Crippen LogP contribution in [0.2, 0.25) is 0 Å². The maximum Gasteiger partial charge on any atom is 0.310 e. The number of carbonyl (C=O) groups excluding carboxylic acids is 2. The van der Waals surface area contributed by atoms with Crippen LogP contribution in [0.4, 0.5) is 0 Å². The summed E-state index contributed by atoms with van der Waals surface area (Å²) >= 11 is 0. The zero-order valence-corrected chi connectivity index (χ0v) is 5.56. The van der Waals surface area contributed by atoms with Crippen molar-refractivity contribution in [3.63, 3.8) is 0 Å². The second-order valence-corrected chi connectivity index (χ2v) is 1.80. The van der Waals surface area contributed by atoms with E-state index in [1.54, 1.807) is 0 Å². The maximum absolute atomic E-state index is 10.9. The van der Waals surface area contributed by atoms with Crippen LogP contribution < -0.4 is 5.84 Å². The van der Waals surface area contributed by atoms with Crippen LogP contribution in [0.25, 0.3) is 0 Å². The van der Waals surface area contributed by atoms with Crippen LogP contribution in [-0.4, -0.2) is 17.3 Å². The number of amides is 2. The maximum atomic E-state index is 10.9. The number of imide groups is 1. The Balaban J connectivity index is 2.78. The Labute approximate surface area is 62.3 Å². The van der Waals surface area contributed by atoms with Crippen LogP contribution in [0.3, 0.4) is 0 Å². The minimum absolute atomic E-state index is 0.0413. The Hall–Kier alpha value is -1.62. The number of hydrogen-bond acceptors (Lipinski definition) is 4. The summed E-state index contributed by atoms with van der Waals surface area (Å²) in [4.78, 5) is 20.9. The van der Waals surface area contributed by atoms with Crippen molar-refractivity contribution in [3.05, 3.63) is 24.2 Å². The molecular formula is C6H6N2O3. The molecule has 5 nitrogen and oxygen atoms in total. The van der Waals surface area contributed by atoms with Crippen molar-refractivity contribution >= 4 is 12.3 Å². The molecule has 58 valence electrons. The Morgan fingerprint density at radius 1 is 1.73 bits per heavy atom. The molecular weight excluding hydrogens is 148 g/mol. The highest BCUT2D eigenvalue weighted by atomic mass is 16.3. The number of hydrazine groups is 1. The van der Waals surface area contributed by atoms with Crippen LogP contribution >= 0.6 is 0 Å². The van der Waals surface area contributed by atoms with Crippen molar-refractivity contribution in [1.29, 1.82) is 0 Å². The van der Waals surface area contributed by atoms with Gasteiger partial charge in [0, 0.05) is 0 Å². The molecule has 1 heterocycles. The fraction of sp³-hybridized carbons (Fsp3) is 0. The van der Waals surface area contributed by atoms with Gasteiger partial charge in [-0.2, -0.15) is 0 Å². The van der Waals surface area contributed by atoms with E-state index in [4.69, 9.17) is 5.84 Å². The molecule has 11 heavy (non-hydrogen) atoms. The number of nitrogens with two attached hydrogens (primary N) is 1. The van der Waals surface area contributed by atoms with Crippen molar-refractivity contribution in [3.8, 4) is 0 Å². The van der Waals surface area contributed by atoms with Gasteiger partial charge in [0.05, 0.1) is 6.26 Å². The summed E-state index contributed by atoms with van der Waals surface area (Å²) in [6.45, 7) is 0. The van der Waals surface area contributed by atoms with E-state index in [1.165, 1.54) is 18.4 Å². The predicted molar refractivity (Wildman–Crippen MR) is 35.1 cm³/mol. The van der Waals surface area contributed by atoms with Crippen molar-refractivity contribution in [2.75, 3.05) is 0 Å². The number of hydrogen-bond donors (Lipinski definition) is 1. The van der Waals surface area contributed by atoms with Crippen LogP contribution in [0.5, 0.6) is 0 Å². The first-order valence-corrected chi connectivity index (χ1v) is 2.82. The van der Waals surface area contributed by atoms with Gasteiger partial charge in [-0.1, -0.05) is 0 Å². The van der Waals surface area contributed by atoms with E-state index in [-0.39, 0.29) is 12.2 Å². The molecule has 0 radical (unpaired) electrons. The second-order valence-electron chi connectivity index (χ2n) is 1.80. The molecule has 1 rings (SSSR count). The molecule has 0 atom stereocenters. The lowest BCUT2D eigenvalue weighted by molar-refractivity contribution is -0.116. The molecule has 0 aliphatic heterocycles. The molecule has 1 aromatic rings. The van der Waals surface area contributed by atoms with E-state index in [0.29, 0.717) is 5.01 Å². The van der Waals surface area contributed by atoms with Gasteiger partial charge >= 0.3 is 5.91 Å². The van der Waals surface area contributed by atoms with Gasteiger partial charge in [-0.15, -0.1) is 0 Å². The molecule has 0 saturated carbocycles. The average molecular weight is 154 g/mol. The monoisotopic (exact) mass is 154 g/mol. The molecule has 0 bridgehead atoms. The molecule has 0 aromatic carbocycles. The summed E-state index contributed by atoms with van der Waals surface area (Å²) in [5.41, 5.74) is 0. The van der Waals surface area contributed by atoms with Gasteiger partial charge < -0.3 is 4.42 Å². The van der Waals surface area contributed by atoms with E-state index >= 15 is 0 Å². The van der Waals surface area contributed by atoms with Crippen molar-refractivity contribution in [1.82, 2.24) is 5.01 Å². The largest absolute Gasteiger partial charge is 0.459 e. The number of rotatable bonds is 2. The minimum Gasteiger partial charge on any atom is -0.459 e. The summed E-state index contributed by atoms with van der Waals surface area (Å²) in [7, 11) is 0. The lowest BCUT2D eigenvalue weighted by Crippen LogP contribution is -2.35. The first kappa shape index (κ1) is 7.49. The van der Waals surface area contributed by atoms with Gasteiger partial charge in [0.25, 0.3) is 0 Å².